The molecule has 0 heterocycles. The summed E-state index contributed by atoms with van der Waals surface area (Å²) in [6.45, 7) is 7.38. The smallest absolute Gasteiger partial charge is 0.326 e. The van der Waals surface area contributed by atoms with Crippen LogP contribution in [0.5, 0.6) is 0 Å². The van der Waals surface area contributed by atoms with E-state index in [0.29, 0.717) is 12.0 Å². The number of allylic oxidation sites excluding steroid dienone is 2. The number of carboxylic acids is 2. The molecule has 17 N–H and O–H groups in total. The van der Waals surface area contributed by atoms with E-state index in [-0.39, 0.29) is 75.6 Å². The molecule has 9 atom stereocenters. The van der Waals surface area contributed by atoms with Crippen LogP contribution in [0.1, 0.15) is 85.1 Å². The monoisotopic (exact) mass is 1040 g/mol. The molecule has 0 aromatic heterocycles. The second-order valence-electron chi connectivity index (χ2n) is 17.5. The lowest BCUT2D eigenvalue weighted by atomic mass is 9.94. The van der Waals surface area contributed by atoms with Crippen LogP contribution in [0.4, 0.5) is 0 Å². The molecule has 0 unspecified atom stereocenters. The summed E-state index contributed by atoms with van der Waals surface area (Å²) >= 11 is 0. The average molecular weight is 1040 g/mol. The Balaban J connectivity index is 3.60. The van der Waals surface area contributed by atoms with Crippen LogP contribution in [-0.4, -0.2) is 151 Å². The Hall–Kier alpha value is -7.90. The number of hydrogen-bond acceptors (Lipinski definition) is 13. The molecule has 0 fully saturated rings. The molecule has 26 nitrogen and oxygen atoms in total. The molecule has 0 aliphatic rings. The minimum Gasteiger partial charge on any atom is -0.480 e. The van der Waals surface area contributed by atoms with Crippen molar-refractivity contribution in [2.45, 2.75) is 128 Å². The van der Waals surface area contributed by atoms with Gasteiger partial charge in [-0.25, -0.2) is 9.59 Å². The first kappa shape index (κ1) is 64.1. The number of methoxy groups -OCH3 is 1. The van der Waals surface area contributed by atoms with E-state index in [1.807, 2.05) is 43.3 Å². The summed E-state index contributed by atoms with van der Waals surface area (Å²) in [6, 6.07) is 0.895. The van der Waals surface area contributed by atoms with E-state index in [4.69, 9.17) is 27.7 Å². The third-order valence-electron chi connectivity index (χ3n) is 11.3. The van der Waals surface area contributed by atoms with E-state index in [2.05, 4.69) is 47.2 Å². The second kappa shape index (κ2) is 33.7. The zero-order valence-electron chi connectivity index (χ0n) is 43.0. The summed E-state index contributed by atoms with van der Waals surface area (Å²) in [4.78, 5) is 136. The molecular formula is C48H75N13O13. The highest BCUT2D eigenvalue weighted by Gasteiger charge is 2.33. The minimum atomic E-state index is -1.94. The van der Waals surface area contributed by atoms with Crippen LogP contribution >= 0.6 is 0 Å². The fraction of sp³-hybridized carbons (Fsp3) is 0.542. The summed E-state index contributed by atoms with van der Waals surface area (Å²) in [5.74, 6) is -12.0. The number of aliphatic carboxylic acids is 2. The molecule has 0 aliphatic heterocycles. The van der Waals surface area contributed by atoms with Crippen molar-refractivity contribution in [2.24, 2.45) is 44.8 Å². The molecule has 1 aromatic rings. The number of aliphatic imine (C=N–C) groups is 2. The van der Waals surface area contributed by atoms with Crippen LogP contribution in [0, 0.1) is 11.8 Å². The van der Waals surface area contributed by atoms with Crippen molar-refractivity contribution in [3.05, 3.63) is 59.7 Å². The molecule has 0 bridgehead atoms. The number of ether oxygens (including phenoxy) is 1. The SMILES string of the molecule is CNC(=O)CC[C@@H](NC(=O)[C@@H](C)[C@H](/C=C/C(C)=C/[C@H](C)[C@H](Cc1ccccc1)OC)NC(=O)[C@H](CCCN=C(N)N)NC(=O)C[C@@H](NC(=O)[C@H](CCCN=C(N)N)NC(=O)[C@H](C)NC(=O)C(C)=O)C(=O)O)C(=O)O. The third-order valence-corrected chi connectivity index (χ3v) is 11.3. The number of nitrogens with two attached hydrogens (primary N) is 4. The number of carbonyl (C=O) groups is 10. The van der Waals surface area contributed by atoms with Gasteiger partial charge in [-0.3, -0.25) is 48.3 Å². The van der Waals surface area contributed by atoms with E-state index >= 15 is 0 Å². The Kier molecular flexibility index (Phi) is 29.2. The van der Waals surface area contributed by atoms with Crippen LogP contribution in [0.3, 0.4) is 0 Å². The van der Waals surface area contributed by atoms with Gasteiger partial charge in [0.1, 0.15) is 30.2 Å². The predicted molar refractivity (Wildman–Crippen MR) is 273 cm³/mol. The Morgan fingerprint density at radius 2 is 1.19 bits per heavy atom. The van der Waals surface area contributed by atoms with Crippen molar-refractivity contribution in [2.75, 3.05) is 27.2 Å². The van der Waals surface area contributed by atoms with Gasteiger partial charge >= 0.3 is 11.9 Å². The van der Waals surface area contributed by atoms with Crippen LogP contribution in [0.15, 0.2) is 64.1 Å². The maximum Gasteiger partial charge on any atom is 0.326 e. The summed E-state index contributed by atoms with van der Waals surface area (Å²) in [6.07, 6.45) is 3.94. The number of carboxylic acid groups (broad SMARTS) is 2. The van der Waals surface area contributed by atoms with Gasteiger partial charge in [0.25, 0.3) is 5.91 Å². The second-order valence-corrected chi connectivity index (χ2v) is 17.5. The molecule has 0 saturated heterocycles. The Labute approximate surface area is 430 Å². The standard InChI is InChI=1S/C48H75N13O13/c1-26(23-27(2)37(74-7)24-31-13-9-8-10-14-31)17-18-32(28(3)40(65)60-35(45(70)71)19-20-38(63)53-6)58-43(68)33(15-11-21-54-47(49)50)57-39(64)25-36(46(72)73)61-44(69)34(16-12-22-55-48(51)52)59-41(66)29(4)56-42(67)30(5)62/h8-10,13-14,17-18,23,27-29,32-37H,11-12,15-16,19-22,24-25H2,1-7H3,(H,53,63)(H,56,67)(H,57,64)(H,58,68)(H,59,66)(H,60,65)(H,61,69)(H,70,71)(H,72,73)(H4,49,50,54)(H4,51,52,55)/b18-17+,26-23+/t27-,28-,29-,32-,33-,34-,35+,36+,37-/m0/s1. The van der Waals surface area contributed by atoms with Crippen molar-refractivity contribution >= 4 is 71.0 Å². The molecule has 0 radical (unpaired) electrons. The molecule has 0 aliphatic carbocycles. The van der Waals surface area contributed by atoms with Crippen LogP contribution in [-0.2, 0) is 59.1 Å². The number of amides is 7. The highest BCUT2D eigenvalue weighted by molar-refractivity contribution is 6.35. The molecule has 410 valence electrons. The lowest BCUT2D eigenvalue weighted by molar-refractivity contribution is -0.144. The van der Waals surface area contributed by atoms with E-state index < -0.39 is 108 Å². The highest BCUT2D eigenvalue weighted by Crippen LogP contribution is 2.18. The maximum atomic E-state index is 14.3. The van der Waals surface area contributed by atoms with E-state index in [1.165, 1.54) is 27.0 Å². The zero-order chi connectivity index (χ0) is 56.1. The Morgan fingerprint density at radius 1 is 0.662 bits per heavy atom. The van der Waals surface area contributed by atoms with Crippen molar-refractivity contribution in [1.29, 1.82) is 0 Å². The van der Waals surface area contributed by atoms with Gasteiger partial charge in [-0.15, -0.1) is 0 Å². The number of guanidine groups is 2. The van der Waals surface area contributed by atoms with Crippen LogP contribution in [0.2, 0.25) is 0 Å². The van der Waals surface area contributed by atoms with Gasteiger partial charge in [-0.1, -0.05) is 68.0 Å². The molecule has 0 spiro atoms. The largest absolute Gasteiger partial charge is 0.480 e. The van der Waals surface area contributed by atoms with E-state index in [9.17, 15) is 58.2 Å². The van der Waals surface area contributed by atoms with Crippen molar-refractivity contribution < 1.29 is 62.9 Å². The topological polar surface area (TPSA) is 433 Å². The lowest BCUT2D eigenvalue weighted by Crippen LogP contribution is -2.56. The fourth-order valence-corrected chi connectivity index (χ4v) is 7.01. The first-order valence-corrected chi connectivity index (χ1v) is 23.8. The van der Waals surface area contributed by atoms with E-state index in [1.54, 1.807) is 20.1 Å². The van der Waals surface area contributed by atoms with Gasteiger partial charge in [-0.05, 0) is 57.9 Å². The van der Waals surface area contributed by atoms with Gasteiger partial charge < -0.3 is 75.1 Å². The Morgan fingerprint density at radius 3 is 1.70 bits per heavy atom. The van der Waals surface area contributed by atoms with Gasteiger partial charge in [0.15, 0.2) is 11.9 Å². The minimum absolute atomic E-state index is 0.00238. The van der Waals surface area contributed by atoms with Gasteiger partial charge in [0.2, 0.25) is 41.2 Å². The summed E-state index contributed by atoms with van der Waals surface area (Å²) in [5.41, 5.74) is 23.5. The summed E-state index contributed by atoms with van der Waals surface area (Å²) in [5, 5.41) is 36.9. The quantitative estimate of drug-likeness (QED) is 0.0114. The van der Waals surface area contributed by atoms with Crippen molar-refractivity contribution in [3.63, 3.8) is 0 Å². The summed E-state index contributed by atoms with van der Waals surface area (Å²) in [7, 11) is 2.98. The molecule has 1 aromatic carbocycles. The number of nitrogens with zero attached hydrogens (tertiary/aromatic N) is 2. The molecule has 7 amide bonds. The number of Topliss-reactive ketones (excluding diaryl/α,β-unsaturated/α-hetero) is 1. The highest BCUT2D eigenvalue weighted by atomic mass is 16.5. The molecule has 0 saturated carbocycles. The normalized spacial score (nSPS) is 14.9. The Bertz CT molecular complexity index is 2210. The first-order chi connectivity index (χ1) is 34.8. The molecular weight excluding hydrogens is 967 g/mol. The van der Waals surface area contributed by atoms with Crippen LogP contribution in [0.25, 0.3) is 0 Å². The average Bonchev–Trinajstić information content (AvgIpc) is 3.33. The van der Waals surface area contributed by atoms with E-state index in [0.717, 1.165) is 12.5 Å². The first-order valence-electron chi connectivity index (χ1n) is 23.8. The molecule has 74 heavy (non-hydrogen) atoms. The van der Waals surface area contributed by atoms with Gasteiger partial charge in [-0.2, -0.15) is 0 Å². The summed E-state index contributed by atoms with van der Waals surface area (Å²) < 4.78 is 5.80. The number of rotatable bonds is 34. The van der Waals surface area contributed by atoms with Gasteiger partial charge in [0, 0.05) is 46.5 Å². The number of nitrogens with one attached hydrogen (secondary N) is 7. The van der Waals surface area contributed by atoms with Crippen molar-refractivity contribution in [3.8, 4) is 0 Å². The number of hydrogen-bond donors (Lipinski definition) is 13. The van der Waals surface area contributed by atoms with Crippen molar-refractivity contribution in [1.82, 2.24) is 37.2 Å². The molecule has 26 heteroatoms. The molecule has 1 rings (SSSR count). The maximum absolute atomic E-state index is 14.3. The van der Waals surface area contributed by atoms with Gasteiger partial charge in [0.05, 0.1) is 24.5 Å². The fourth-order valence-electron chi connectivity index (χ4n) is 7.01. The predicted octanol–water partition coefficient (Wildman–Crippen LogP) is -2.27. The third kappa shape index (κ3) is 25.5. The number of benzene rings is 1. The zero-order valence-corrected chi connectivity index (χ0v) is 43.0. The van der Waals surface area contributed by atoms with Crippen LogP contribution < -0.4 is 60.2 Å². The lowest BCUT2D eigenvalue weighted by Gasteiger charge is -2.27. The number of ketones is 1. The number of carbonyl (C=O) groups excluding carboxylic acids is 8.